The van der Waals surface area contributed by atoms with Gasteiger partial charge < -0.3 is 5.73 Å². The van der Waals surface area contributed by atoms with Crippen LogP contribution in [0, 0.1) is 5.92 Å². The lowest BCUT2D eigenvalue weighted by molar-refractivity contribution is 0.266. The highest BCUT2D eigenvalue weighted by atomic mass is 15.3. The number of fused-ring (bicyclic) bond motifs is 1. The highest BCUT2D eigenvalue weighted by Gasteiger charge is 2.22. The predicted octanol–water partition coefficient (Wildman–Crippen LogP) is 3.18. The number of hydrogen-bond acceptors (Lipinski definition) is 4. The Morgan fingerprint density at radius 2 is 1.87 bits per heavy atom. The van der Waals surface area contributed by atoms with Crippen molar-refractivity contribution in [1.82, 2.24) is 19.7 Å². The Morgan fingerprint density at radius 3 is 2.61 bits per heavy atom. The first kappa shape index (κ1) is 14.3. The standard InChI is InChI=1S/C18H21N5/c19-11-13-2-6-16(7-3-13)23-12-15-5-4-14(10-17(15)22-23)18-20-8-1-9-21-18/h1,4-5,8-10,12-13,16H,2-3,6-7,11,19H2/t13-,16-. The Bertz CT molecular complexity index is 788. The average Bonchev–Trinajstić information content (AvgIpc) is 3.06. The Labute approximate surface area is 135 Å². The van der Waals surface area contributed by atoms with Gasteiger partial charge in [0.25, 0.3) is 0 Å². The van der Waals surface area contributed by atoms with Gasteiger partial charge in [-0.15, -0.1) is 0 Å². The van der Waals surface area contributed by atoms with E-state index in [4.69, 9.17) is 10.8 Å². The zero-order chi connectivity index (χ0) is 15.6. The van der Waals surface area contributed by atoms with Crippen LogP contribution in [0.15, 0.2) is 42.9 Å². The normalized spacial score (nSPS) is 21.6. The summed E-state index contributed by atoms with van der Waals surface area (Å²) >= 11 is 0. The largest absolute Gasteiger partial charge is 0.330 e. The highest BCUT2D eigenvalue weighted by Crippen LogP contribution is 2.32. The van der Waals surface area contributed by atoms with Gasteiger partial charge in [-0.25, -0.2) is 9.97 Å². The molecule has 0 atom stereocenters. The van der Waals surface area contributed by atoms with Gasteiger partial charge in [0.1, 0.15) is 0 Å². The molecule has 5 heteroatoms. The summed E-state index contributed by atoms with van der Waals surface area (Å²) in [5.41, 5.74) is 7.81. The lowest BCUT2D eigenvalue weighted by Gasteiger charge is -2.27. The topological polar surface area (TPSA) is 69.6 Å². The molecule has 0 spiro atoms. The van der Waals surface area contributed by atoms with Gasteiger partial charge in [-0.2, -0.15) is 5.10 Å². The molecule has 0 radical (unpaired) electrons. The van der Waals surface area contributed by atoms with Gasteiger partial charge in [-0.05, 0) is 50.3 Å². The lowest BCUT2D eigenvalue weighted by atomic mass is 9.86. The molecule has 2 aromatic heterocycles. The number of aromatic nitrogens is 4. The van der Waals surface area contributed by atoms with E-state index in [-0.39, 0.29) is 0 Å². The molecule has 1 aromatic carbocycles. The molecule has 0 bridgehead atoms. The van der Waals surface area contributed by atoms with Crippen molar-refractivity contribution in [2.75, 3.05) is 6.54 Å². The molecule has 0 amide bonds. The Hall–Kier alpha value is -2.27. The van der Waals surface area contributed by atoms with Crippen molar-refractivity contribution in [1.29, 1.82) is 0 Å². The van der Waals surface area contributed by atoms with Crippen LogP contribution in [0.4, 0.5) is 0 Å². The fraction of sp³-hybridized carbons (Fsp3) is 0.389. The monoisotopic (exact) mass is 307 g/mol. The van der Waals surface area contributed by atoms with E-state index in [1.165, 1.54) is 31.1 Å². The lowest BCUT2D eigenvalue weighted by Crippen LogP contribution is -2.23. The second kappa shape index (κ2) is 6.08. The Kier molecular flexibility index (Phi) is 3.79. The molecular weight excluding hydrogens is 286 g/mol. The third-order valence-electron chi connectivity index (χ3n) is 4.87. The van der Waals surface area contributed by atoms with Crippen LogP contribution in [0.3, 0.4) is 0 Å². The third-order valence-corrected chi connectivity index (χ3v) is 4.87. The van der Waals surface area contributed by atoms with Gasteiger partial charge in [-0.1, -0.05) is 12.1 Å². The van der Waals surface area contributed by atoms with Crippen LogP contribution in [-0.2, 0) is 0 Å². The van der Waals surface area contributed by atoms with Crippen LogP contribution in [0.2, 0.25) is 0 Å². The van der Waals surface area contributed by atoms with E-state index in [9.17, 15) is 0 Å². The van der Waals surface area contributed by atoms with E-state index >= 15 is 0 Å². The van der Waals surface area contributed by atoms with Gasteiger partial charge in [0.15, 0.2) is 5.82 Å². The smallest absolute Gasteiger partial charge is 0.159 e. The zero-order valence-corrected chi connectivity index (χ0v) is 13.1. The van der Waals surface area contributed by atoms with Gasteiger partial charge in [0.2, 0.25) is 0 Å². The summed E-state index contributed by atoms with van der Waals surface area (Å²) < 4.78 is 2.15. The Morgan fingerprint density at radius 1 is 1.09 bits per heavy atom. The van der Waals surface area contributed by atoms with E-state index in [0.29, 0.717) is 12.0 Å². The Balaban J connectivity index is 1.61. The molecule has 4 rings (SSSR count). The molecule has 0 aliphatic heterocycles. The quantitative estimate of drug-likeness (QED) is 0.807. The average molecular weight is 307 g/mol. The molecule has 5 nitrogen and oxygen atoms in total. The molecule has 23 heavy (non-hydrogen) atoms. The van der Waals surface area contributed by atoms with Crippen molar-refractivity contribution >= 4 is 10.9 Å². The summed E-state index contributed by atoms with van der Waals surface area (Å²) in [5, 5.41) is 5.98. The molecule has 1 fully saturated rings. The minimum atomic E-state index is 0.502. The highest BCUT2D eigenvalue weighted by molar-refractivity contribution is 5.82. The van der Waals surface area contributed by atoms with Crippen LogP contribution in [0.1, 0.15) is 31.7 Å². The van der Waals surface area contributed by atoms with Crippen LogP contribution in [-0.4, -0.2) is 26.3 Å². The molecule has 118 valence electrons. The van der Waals surface area contributed by atoms with Crippen molar-refractivity contribution in [3.05, 3.63) is 42.9 Å². The first-order valence-electron chi connectivity index (χ1n) is 8.30. The third kappa shape index (κ3) is 2.84. The van der Waals surface area contributed by atoms with Gasteiger partial charge in [0.05, 0.1) is 11.6 Å². The first-order valence-corrected chi connectivity index (χ1v) is 8.30. The van der Waals surface area contributed by atoms with E-state index in [0.717, 1.165) is 23.4 Å². The molecule has 1 aliphatic rings. The van der Waals surface area contributed by atoms with Crippen LogP contribution >= 0.6 is 0 Å². The van der Waals surface area contributed by atoms with Crippen LogP contribution < -0.4 is 5.73 Å². The summed E-state index contributed by atoms with van der Waals surface area (Å²) in [6, 6.07) is 8.58. The maximum atomic E-state index is 5.79. The fourth-order valence-corrected chi connectivity index (χ4v) is 3.45. The zero-order valence-electron chi connectivity index (χ0n) is 13.1. The maximum absolute atomic E-state index is 5.79. The minimum absolute atomic E-state index is 0.502. The number of rotatable bonds is 3. The van der Waals surface area contributed by atoms with E-state index in [1.807, 2.05) is 6.07 Å². The van der Waals surface area contributed by atoms with Gasteiger partial charge in [0, 0.05) is 29.5 Å². The van der Waals surface area contributed by atoms with E-state index in [1.54, 1.807) is 12.4 Å². The molecule has 1 saturated carbocycles. The second-order valence-electron chi connectivity index (χ2n) is 6.37. The van der Waals surface area contributed by atoms with Crippen LogP contribution in [0.5, 0.6) is 0 Å². The summed E-state index contributed by atoms with van der Waals surface area (Å²) in [6.45, 7) is 0.814. The number of hydrogen-bond donors (Lipinski definition) is 1. The summed E-state index contributed by atoms with van der Waals surface area (Å²) in [6.07, 6.45) is 10.5. The summed E-state index contributed by atoms with van der Waals surface area (Å²) in [7, 11) is 0. The molecule has 0 saturated heterocycles. The molecule has 2 heterocycles. The summed E-state index contributed by atoms with van der Waals surface area (Å²) in [4.78, 5) is 8.63. The molecule has 1 aliphatic carbocycles. The molecule has 3 aromatic rings. The van der Waals surface area contributed by atoms with Crippen molar-refractivity contribution in [3.63, 3.8) is 0 Å². The molecule has 0 unspecified atom stereocenters. The van der Waals surface area contributed by atoms with E-state index < -0.39 is 0 Å². The SMILES string of the molecule is NC[C@H]1CC[C@H](n2cc3ccc(-c4ncccn4)cc3n2)CC1. The van der Waals surface area contributed by atoms with Crippen molar-refractivity contribution in [2.45, 2.75) is 31.7 Å². The summed E-state index contributed by atoms with van der Waals surface area (Å²) in [5.74, 6) is 1.44. The van der Waals surface area contributed by atoms with Gasteiger partial charge in [-0.3, -0.25) is 4.68 Å². The number of nitrogens with zero attached hydrogens (tertiary/aromatic N) is 4. The first-order chi connectivity index (χ1) is 11.3. The minimum Gasteiger partial charge on any atom is -0.330 e. The maximum Gasteiger partial charge on any atom is 0.159 e. The van der Waals surface area contributed by atoms with Crippen molar-refractivity contribution in [3.8, 4) is 11.4 Å². The predicted molar refractivity (Wildman–Crippen MR) is 90.8 cm³/mol. The molecule has 2 N–H and O–H groups in total. The second-order valence-corrected chi connectivity index (χ2v) is 6.37. The van der Waals surface area contributed by atoms with Gasteiger partial charge >= 0.3 is 0 Å². The van der Waals surface area contributed by atoms with Crippen molar-refractivity contribution < 1.29 is 0 Å². The molecular formula is C18H21N5. The fourth-order valence-electron chi connectivity index (χ4n) is 3.45. The number of benzene rings is 1. The van der Waals surface area contributed by atoms with E-state index in [2.05, 4.69) is 39.0 Å². The van der Waals surface area contributed by atoms with Crippen molar-refractivity contribution in [2.24, 2.45) is 11.7 Å². The number of nitrogens with two attached hydrogens (primary N) is 1. The van der Waals surface area contributed by atoms with Crippen LogP contribution in [0.25, 0.3) is 22.3 Å².